The van der Waals surface area contributed by atoms with Crippen LogP contribution in [-0.4, -0.2) is 23.0 Å². The number of nitrogens with one attached hydrogen (secondary N) is 1. The first-order valence-corrected chi connectivity index (χ1v) is 9.38. The molecule has 0 bridgehead atoms. The number of benzene rings is 1. The number of anilines is 1. The summed E-state index contributed by atoms with van der Waals surface area (Å²) in [7, 11) is 0. The van der Waals surface area contributed by atoms with Crippen LogP contribution in [0.15, 0.2) is 35.7 Å². The Labute approximate surface area is 159 Å². The lowest BCUT2D eigenvalue weighted by molar-refractivity contribution is -0.153. The Morgan fingerprint density at radius 2 is 2.19 bits per heavy atom. The zero-order chi connectivity index (χ0) is 19.4. The summed E-state index contributed by atoms with van der Waals surface area (Å²) in [6.07, 6.45) is 5.19. The molecule has 0 spiro atoms. The van der Waals surface area contributed by atoms with Crippen LogP contribution in [0.2, 0.25) is 0 Å². The van der Waals surface area contributed by atoms with Crippen LogP contribution in [-0.2, 0) is 14.3 Å². The normalized spacial score (nSPS) is 16.9. The van der Waals surface area contributed by atoms with Gasteiger partial charge >= 0.3 is 5.97 Å². The van der Waals surface area contributed by atoms with Gasteiger partial charge in [-0.2, -0.15) is 0 Å². The smallest absolute Gasteiger partial charge is 0.307 e. The molecule has 0 radical (unpaired) electrons. The Bertz CT molecular complexity index is 882. The molecule has 2 atom stereocenters. The topological polar surface area (TPSA) is 68.3 Å². The second-order valence-corrected chi connectivity index (χ2v) is 7.12. The number of ether oxygens (including phenoxy) is 1. The molecule has 1 aromatic heterocycles. The molecule has 1 aliphatic carbocycles. The van der Waals surface area contributed by atoms with Crippen LogP contribution in [0.4, 0.5) is 13.9 Å². The molecule has 2 aromatic rings. The van der Waals surface area contributed by atoms with E-state index in [0.29, 0.717) is 11.3 Å². The van der Waals surface area contributed by atoms with Gasteiger partial charge in [-0.15, -0.1) is 11.3 Å². The molecule has 1 N–H and O–H groups in total. The minimum Gasteiger partial charge on any atom is -0.453 e. The molecule has 142 valence electrons. The minimum absolute atomic E-state index is 0.172. The molecule has 8 heteroatoms. The number of thiazole rings is 1. The summed E-state index contributed by atoms with van der Waals surface area (Å²) in [5.41, 5.74) is 0.807. The summed E-state index contributed by atoms with van der Waals surface area (Å²) in [5.74, 6) is -2.66. The highest BCUT2D eigenvalue weighted by atomic mass is 32.1. The molecule has 1 aromatic carbocycles. The maximum atomic E-state index is 13.3. The predicted molar refractivity (Wildman–Crippen MR) is 98.1 cm³/mol. The van der Waals surface area contributed by atoms with E-state index in [-0.39, 0.29) is 17.5 Å². The number of halogens is 2. The highest BCUT2D eigenvalue weighted by Crippen LogP contribution is 2.26. The summed E-state index contributed by atoms with van der Waals surface area (Å²) >= 11 is 1.14. The van der Waals surface area contributed by atoms with Gasteiger partial charge in [0.05, 0.1) is 12.1 Å². The third-order valence-corrected chi connectivity index (χ3v) is 4.93. The van der Waals surface area contributed by atoms with Gasteiger partial charge in [0.2, 0.25) is 0 Å². The van der Waals surface area contributed by atoms with Gasteiger partial charge in [0, 0.05) is 10.9 Å². The van der Waals surface area contributed by atoms with Crippen LogP contribution >= 0.6 is 11.3 Å². The second-order valence-electron chi connectivity index (χ2n) is 6.26. The molecule has 1 amide bonds. The third kappa shape index (κ3) is 4.97. The van der Waals surface area contributed by atoms with Crippen LogP contribution in [0.25, 0.3) is 11.3 Å². The number of carbonyl (C=O) groups is 2. The first kappa shape index (κ1) is 19.2. The average Bonchev–Trinajstić information content (AvgIpc) is 3.29. The Balaban J connectivity index is 1.55. The van der Waals surface area contributed by atoms with Crippen LogP contribution < -0.4 is 5.32 Å². The van der Waals surface area contributed by atoms with Gasteiger partial charge in [0.1, 0.15) is 0 Å². The van der Waals surface area contributed by atoms with Crippen molar-refractivity contribution in [3.63, 3.8) is 0 Å². The molecule has 27 heavy (non-hydrogen) atoms. The molecule has 1 aliphatic rings. The Morgan fingerprint density at radius 1 is 1.37 bits per heavy atom. The number of aromatic nitrogens is 1. The van der Waals surface area contributed by atoms with Gasteiger partial charge in [-0.3, -0.25) is 14.9 Å². The largest absolute Gasteiger partial charge is 0.453 e. The van der Waals surface area contributed by atoms with E-state index >= 15 is 0 Å². The van der Waals surface area contributed by atoms with Crippen molar-refractivity contribution in [3.05, 3.63) is 47.4 Å². The van der Waals surface area contributed by atoms with E-state index in [0.717, 1.165) is 36.3 Å². The molecule has 1 heterocycles. The highest BCUT2D eigenvalue weighted by Gasteiger charge is 2.22. The quantitative estimate of drug-likeness (QED) is 0.587. The van der Waals surface area contributed by atoms with Crippen molar-refractivity contribution in [3.8, 4) is 11.3 Å². The monoisotopic (exact) mass is 392 g/mol. The number of esters is 1. The maximum absolute atomic E-state index is 13.3. The van der Waals surface area contributed by atoms with Crippen LogP contribution in [0, 0.1) is 17.6 Å². The lowest BCUT2D eigenvalue weighted by Crippen LogP contribution is -2.30. The van der Waals surface area contributed by atoms with Gasteiger partial charge in [-0.05, 0) is 43.9 Å². The molecule has 0 saturated carbocycles. The van der Waals surface area contributed by atoms with E-state index in [9.17, 15) is 18.4 Å². The zero-order valence-electron chi connectivity index (χ0n) is 14.6. The van der Waals surface area contributed by atoms with E-state index in [4.69, 9.17) is 4.74 Å². The van der Waals surface area contributed by atoms with Crippen molar-refractivity contribution in [1.29, 1.82) is 0 Å². The highest BCUT2D eigenvalue weighted by molar-refractivity contribution is 7.14. The predicted octanol–water partition coefficient (Wildman–Crippen LogP) is 4.31. The molecule has 0 fully saturated rings. The van der Waals surface area contributed by atoms with Gasteiger partial charge < -0.3 is 4.74 Å². The fraction of sp³-hybridized carbons (Fsp3) is 0.316. The standard InChI is InChI=1S/C19H18F2N2O3S/c1-11(26-17(24)8-12-4-2-3-5-12)18(25)23-19-22-16(10-27-19)13-6-7-14(20)15(21)9-13/h2,4,6-7,9-12H,3,5,8H2,1H3,(H,22,23,25)/t11-,12-/m0/s1. The number of allylic oxidation sites excluding steroid dienone is 2. The number of rotatable bonds is 6. The van der Waals surface area contributed by atoms with Crippen molar-refractivity contribution >= 4 is 28.3 Å². The maximum Gasteiger partial charge on any atom is 0.307 e. The molecule has 0 aliphatic heterocycles. The van der Waals surface area contributed by atoms with Crippen molar-refractivity contribution in [2.45, 2.75) is 32.3 Å². The number of amides is 1. The molecule has 5 nitrogen and oxygen atoms in total. The summed E-state index contributed by atoms with van der Waals surface area (Å²) < 4.78 is 31.5. The summed E-state index contributed by atoms with van der Waals surface area (Å²) in [6, 6.07) is 3.46. The lowest BCUT2D eigenvalue weighted by atomic mass is 10.1. The first-order valence-electron chi connectivity index (χ1n) is 8.50. The fourth-order valence-corrected chi connectivity index (χ4v) is 3.43. The molecular formula is C19H18F2N2O3S. The number of nitrogens with zero attached hydrogens (tertiary/aromatic N) is 1. The Hall–Kier alpha value is -2.61. The number of hydrogen-bond donors (Lipinski definition) is 1. The van der Waals surface area contributed by atoms with Gasteiger partial charge in [-0.25, -0.2) is 13.8 Å². The third-order valence-electron chi connectivity index (χ3n) is 4.17. The first-order chi connectivity index (χ1) is 12.9. The minimum atomic E-state index is -0.969. The van der Waals surface area contributed by atoms with E-state index in [1.165, 1.54) is 13.0 Å². The van der Waals surface area contributed by atoms with Gasteiger partial charge in [0.25, 0.3) is 5.91 Å². The summed E-state index contributed by atoms with van der Waals surface area (Å²) in [6.45, 7) is 1.49. The summed E-state index contributed by atoms with van der Waals surface area (Å²) in [4.78, 5) is 28.3. The van der Waals surface area contributed by atoms with Crippen LogP contribution in [0.3, 0.4) is 0 Å². The molecule has 3 rings (SSSR count). The van der Waals surface area contributed by atoms with Crippen molar-refractivity contribution in [2.24, 2.45) is 5.92 Å². The van der Waals surface area contributed by atoms with Crippen LogP contribution in [0.5, 0.6) is 0 Å². The van der Waals surface area contributed by atoms with Crippen molar-refractivity contribution in [2.75, 3.05) is 5.32 Å². The Kier molecular flexibility index (Phi) is 5.95. The summed E-state index contributed by atoms with van der Waals surface area (Å²) in [5, 5.41) is 4.46. The SMILES string of the molecule is C[C@H](OC(=O)C[C@H]1C=CCC1)C(=O)Nc1nc(-c2ccc(F)c(F)c2)cs1. The molecular weight excluding hydrogens is 374 g/mol. The number of hydrogen-bond acceptors (Lipinski definition) is 5. The zero-order valence-corrected chi connectivity index (χ0v) is 15.4. The Morgan fingerprint density at radius 3 is 2.89 bits per heavy atom. The van der Waals surface area contributed by atoms with E-state index in [2.05, 4.69) is 10.3 Å². The second kappa shape index (κ2) is 8.39. The lowest BCUT2D eigenvalue weighted by Gasteiger charge is -2.13. The van der Waals surface area contributed by atoms with E-state index < -0.39 is 29.6 Å². The average molecular weight is 392 g/mol. The van der Waals surface area contributed by atoms with Crippen molar-refractivity contribution < 1.29 is 23.1 Å². The van der Waals surface area contributed by atoms with Crippen LogP contribution in [0.1, 0.15) is 26.2 Å². The molecule has 0 unspecified atom stereocenters. The van der Waals surface area contributed by atoms with E-state index in [1.807, 2.05) is 12.2 Å². The fourth-order valence-electron chi connectivity index (χ4n) is 2.70. The molecule has 0 saturated heterocycles. The van der Waals surface area contributed by atoms with Crippen molar-refractivity contribution in [1.82, 2.24) is 4.98 Å². The number of carbonyl (C=O) groups excluding carboxylic acids is 2. The van der Waals surface area contributed by atoms with Gasteiger partial charge in [-0.1, -0.05) is 12.2 Å². The van der Waals surface area contributed by atoms with Gasteiger partial charge in [0.15, 0.2) is 22.9 Å². The van der Waals surface area contributed by atoms with E-state index in [1.54, 1.807) is 5.38 Å².